The number of esters is 1. The first kappa shape index (κ1) is 9.98. The fraction of sp³-hybridized carbons (Fsp3) is 0.250. The van der Waals surface area contributed by atoms with Crippen molar-refractivity contribution in [2.75, 3.05) is 19.5 Å². The average molecular weight is 245 g/mol. The van der Waals surface area contributed by atoms with E-state index in [0.717, 1.165) is 0 Å². The Morgan fingerprint density at radius 2 is 2.31 bits per heavy atom. The number of nitrogens with zero attached hydrogens (tertiary/aromatic N) is 1. The minimum absolute atomic E-state index is 0.277. The maximum absolute atomic E-state index is 11.2. The smallest absolute Gasteiger partial charge is 0.358 e. The number of methoxy groups -OCH3 is 1. The first-order valence-corrected chi connectivity index (χ1v) is 4.41. The Morgan fingerprint density at radius 3 is 2.85 bits per heavy atom. The SMILES string of the molecule is CNc1ccc(Br)nc1C(=O)OC. The van der Waals surface area contributed by atoms with E-state index in [2.05, 4.69) is 31.0 Å². The molecule has 1 aromatic rings. The monoisotopic (exact) mass is 244 g/mol. The van der Waals surface area contributed by atoms with Crippen molar-refractivity contribution >= 4 is 27.6 Å². The van der Waals surface area contributed by atoms with Crippen molar-refractivity contribution in [2.24, 2.45) is 0 Å². The number of aromatic nitrogens is 1. The molecule has 0 saturated heterocycles. The van der Waals surface area contributed by atoms with Crippen LogP contribution in [0, 0.1) is 0 Å². The van der Waals surface area contributed by atoms with E-state index in [4.69, 9.17) is 0 Å². The summed E-state index contributed by atoms with van der Waals surface area (Å²) >= 11 is 3.18. The van der Waals surface area contributed by atoms with E-state index in [9.17, 15) is 4.79 Å². The first-order chi connectivity index (χ1) is 6.19. The third-order valence-electron chi connectivity index (χ3n) is 1.51. The van der Waals surface area contributed by atoms with Gasteiger partial charge in [-0.05, 0) is 28.1 Å². The van der Waals surface area contributed by atoms with Gasteiger partial charge in [-0.25, -0.2) is 9.78 Å². The molecule has 0 unspecified atom stereocenters. The van der Waals surface area contributed by atoms with Crippen LogP contribution in [0.4, 0.5) is 5.69 Å². The van der Waals surface area contributed by atoms with Gasteiger partial charge in [0.05, 0.1) is 12.8 Å². The van der Waals surface area contributed by atoms with Gasteiger partial charge in [-0.3, -0.25) is 0 Å². The van der Waals surface area contributed by atoms with E-state index in [1.807, 2.05) is 0 Å². The molecule has 0 aromatic carbocycles. The Hall–Kier alpha value is -1.10. The summed E-state index contributed by atoms with van der Waals surface area (Å²) in [7, 11) is 3.04. The molecule has 0 saturated carbocycles. The molecule has 5 heteroatoms. The molecule has 4 nitrogen and oxygen atoms in total. The zero-order valence-corrected chi connectivity index (χ0v) is 8.88. The van der Waals surface area contributed by atoms with Crippen LogP contribution in [0.1, 0.15) is 10.5 Å². The fourth-order valence-electron chi connectivity index (χ4n) is 0.889. The number of halogens is 1. The number of pyridine rings is 1. The van der Waals surface area contributed by atoms with E-state index in [1.54, 1.807) is 19.2 Å². The molecular weight excluding hydrogens is 236 g/mol. The Labute approximate surface area is 84.4 Å². The number of ether oxygens (including phenoxy) is 1. The molecule has 1 heterocycles. The number of hydrogen-bond donors (Lipinski definition) is 1. The van der Waals surface area contributed by atoms with Crippen LogP contribution in [-0.4, -0.2) is 25.1 Å². The molecule has 0 fully saturated rings. The summed E-state index contributed by atoms with van der Waals surface area (Å²) in [5, 5.41) is 2.85. The van der Waals surface area contributed by atoms with Gasteiger partial charge in [0.25, 0.3) is 0 Å². The summed E-state index contributed by atoms with van der Waals surface area (Å²) in [6.07, 6.45) is 0. The van der Waals surface area contributed by atoms with Crippen molar-refractivity contribution in [3.63, 3.8) is 0 Å². The molecule has 0 aliphatic carbocycles. The van der Waals surface area contributed by atoms with Gasteiger partial charge in [-0.1, -0.05) is 0 Å². The Morgan fingerprint density at radius 1 is 1.62 bits per heavy atom. The lowest BCUT2D eigenvalue weighted by Crippen LogP contribution is -2.08. The fourth-order valence-corrected chi connectivity index (χ4v) is 1.20. The molecule has 70 valence electrons. The molecule has 0 bridgehead atoms. The van der Waals surface area contributed by atoms with E-state index in [0.29, 0.717) is 10.3 Å². The van der Waals surface area contributed by atoms with E-state index >= 15 is 0 Å². The molecule has 1 N–H and O–H groups in total. The van der Waals surface area contributed by atoms with Crippen molar-refractivity contribution in [1.82, 2.24) is 4.98 Å². The lowest BCUT2D eigenvalue weighted by Gasteiger charge is -2.05. The van der Waals surface area contributed by atoms with Gasteiger partial charge in [0.15, 0.2) is 5.69 Å². The molecule has 0 atom stereocenters. The molecule has 1 rings (SSSR count). The van der Waals surface area contributed by atoms with Crippen molar-refractivity contribution in [3.05, 3.63) is 22.4 Å². The molecular formula is C8H9BrN2O2. The van der Waals surface area contributed by atoms with E-state index in [1.165, 1.54) is 7.11 Å². The normalized spacial score (nSPS) is 9.46. The topological polar surface area (TPSA) is 51.2 Å². The standard InChI is InChI=1S/C8H9BrN2O2/c1-10-5-3-4-6(9)11-7(5)8(12)13-2/h3-4,10H,1-2H3. The molecule has 0 amide bonds. The summed E-state index contributed by atoms with van der Waals surface area (Å²) in [5.74, 6) is -0.453. The zero-order valence-electron chi connectivity index (χ0n) is 7.30. The maximum atomic E-state index is 11.2. The minimum Gasteiger partial charge on any atom is -0.464 e. The number of anilines is 1. The Bertz CT molecular complexity index is 328. The van der Waals surface area contributed by atoms with E-state index in [-0.39, 0.29) is 5.69 Å². The van der Waals surface area contributed by atoms with Crippen LogP contribution in [0.2, 0.25) is 0 Å². The third-order valence-corrected chi connectivity index (χ3v) is 1.95. The van der Waals surface area contributed by atoms with Crippen molar-refractivity contribution in [1.29, 1.82) is 0 Å². The number of hydrogen-bond acceptors (Lipinski definition) is 4. The van der Waals surface area contributed by atoms with Crippen LogP contribution < -0.4 is 5.32 Å². The molecule has 0 spiro atoms. The van der Waals surface area contributed by atoms with Gasteiger partial charge in [-0.15, -0.1) is 0 Å². The second kappa shape index (κ2) is 4.23. The van der Waals surface area contributed by atoms with Crippen molar-refractivity contribution in [3.8, 4) is 0 Å². The third kappa shape index (κ3) is 2.18. The van der Waals surface area contributed by atoms with Crippen molar-refractivity contribution < 1.29 is 9.53 Å². The predicted octanol–water partition coefficient (Wildman–Crippen LogP) is 1.67. The molecule has 0 radical (unpaired) electrons. The highest BCUT2D eigenvalue weighted by Gasteiger charge is 2.12. The quantitative estimate of drug-likeness (QED) is 0.636. The van der Waals surface area contributed by atoms with Gasteiger partial charge in [-0.2, -0.15) is 0 Å². The lowest BCUT2D eigenvalue weighted by molar-refractivity contribution is 0.0595. The summed E-state index contributed by atoms with van der Waals surface area (Å²) in [5.41, 5.74) is 0.925. The highest BCUT2D eigenvalue weighted by molar-refractivity contribution is 9.10. The Balaban J connectivity index is 3.15. The number of carbonyl (C=O) groups is 1. The van der Waals surface area contributed by atoms with Gasteiger partial charge >= 0.3 is 5.97 Å². The van der Waals surface area contributed by atoms with Gasteiger partial charge < -0.3 is 10.1 Å². The summed E-state index contributed by atoms with van der Waals surface area (Å²) in [6, 6.07) is 3.50. The molecule has 0 aliphatic heterocycles. The van der Waals surface area contributed by atoms with Crippen LogP contribution in [0.3, 0.4) is 0 Å². The number of nitrogens with one attached hydrogen (secondary N) is 1. The van der Waals surface area contributed by atoms with E-state index < -0.39 is 5.97 Å². The van der Waals surface area contributed by atoms with Gasteiger partial charge in [0.1, 0.15) is 4.60 Å². The molecule has 0 aliphatic rings. The molecule has 1 aromatic heterocycles. The Kier molecular flexibility index (Phi) is 3.25. The second-order valence-electron chi connectivity index (χ2n) is 2.27. The van der Waals surface area contributed by atoms with Crippen LogP contribution in [0.25, 0.3) is 0 Å². The summed E-state index contributed by atoms with van der Waals surface area (Å²) in [4.78, 5) is 15.2. The summed E-state index contributed by atoms with van der Waals surface area (Å²) in [6.45, 7) is 0. The second-order valence-corrected chi connectivity index (χ2v) is 3.08. The minimum atomic E-state index is -0.453. The van der Waals surface area contributed by atoms with Crippen LogP contribution in [-0.2, 0) is 4.74 Å². The first-order valence-electron chi connectivity index (χ1n) is 3.61. The highest BCUT2D eigenvalue weighted by atomic mass is 79.9. The number of carbonyl (C=O) groups excluding carboxylic acids is 1. The van der Waals surface area contributed by atoms with Gasteiger partial charge in [0, 0.05) is 7.05 Å². The largest absolute Gasteiger partial charge is 0.464 e. The number of rotatable bonds is 2. The predicted molar refractivity (Wildman–Crippen MR) is 52.8 cm³/mol. The van der Waals surface area contributed by atoms with Crippen LogP contribution >= 0.6 is 15.9 Å². The van der Waals surface area contributed by atoms with Crippen LogP contribution in [0.5, 0.6) is 0 Å². The maximum Gasteiger partial charge on any atom is 0.358 e. The average Bonchev–Trinajstić information content (AvgIpc) is 2.16. The van der Waals surface area contributed by atoms with Crippen LogP contribution in [0.15, 0.2) is 16.7 Å². The zero-order chi connectivity index (χ0) is 9.84. The van der Waals surface area contributed by atoms with Crippen molar-refractivity contribution in [2.45, 2.75) is 0 Å². The summed E-state index contributed by atoms with van der Waals surface area (Å²) < 4.78 is 5.18. The highest BCUT2D eigenvalue weighted by Crippen LogP contribution is 2.17. The molecule has 13 heavy (non-hydrogen) atoms. The lowest BCUT2D eigenvalue weighted by atomic mass is 10.3. The van der Waals surface area contributed by atoms with Gasteiger partial charge in [0.2, 0.25) is 0 Å².